The van der Waals surface area contributed by atoms with E-state index < -0.39 is 11.2 Å². The van der Waals surface area contributed by atoms with Crippen molar-refractivity contribution >= 4 is 11.5 Å². The Morgan fingerprint density at radius 1 is 1.37 bits per heavy atom. The van der Waals surface area contributed by atoms with Crippen LogP contribution in [0, 0.1) is 5.92 Å². The number of aliphatic hydroxyl groups is 1. The van der Waals surface area contributed by atoms with Crippen molar-refractivity contribution in [2.75, 3.05) is 17.7 Å². The van der Waals surface area contributed by atoms with E-state index >= 15 is 0 Å². The van der Waals surface area contributed by atoms with Gasteiger partial charge in [0.05, 0.1) is 0 Å². The van der Waals surface area contributed by atoms with E-state index in [9.17, 15) is 9.59 Å². The van der Waals surface area contributed by atoms with Gasteiger partial charge in [-0.3, -0.25) is 14.3 Å². The van der Waals surface area contributed by atoms with Crippen LogP contribution in [0.3, 0.4) is 0 Å². The number of nitrogens with zero attached hydrogens (tertiary/aromatic N) is 1. The zero-order chi connectivity index (χ0) is 14.6. The first-order valence-corrected chi connectivity index (χ1v) is 6.36. The average molecular weight is 270 g/mol. The molecule has 1 aromatic heterocycles. The van der Waals surface area contributed by atoms with Crippen molar-refractivity contribution in [3.8, 4) is 0 Å². The Morgan fingerprint density at radius 2 is 2.00 bits per heavy atom. The molecule has 0 aromatic carbocycles. The van der Waals surface area contributed by atoms with Gasteiger partial charge in [0.1, 0.15) is 11.5 Å². The molecular formula is C12H22N4O3. The topological polar surface area (TPSA) is 113 Å². The minimum Gasteiger partial charge on any atom is -0.396 e. The first-order chi connectivity index (χ1) is 8.86. The third-order valence-electron chi connectivity index (χ3n) is 2.74. The van der Waals surface area contributed by atoms with Crippen LogP contribution in [-0.4, -0.2) is 27.3 Å². The minimum absolute atomic E-state index is 0.0115. The maximum Gasteiger partial charge on any atom is 0.330 e. The van der Waals surface area contributed by atoms with Crippen molar-refractivity contribution in [3.05, 3.63) is 20.8 Å². The monoisotopic (exact) mass is 270 g/mol. The Labute approximate surface area is 111 Å². The highest BCUT2D eigenvalue weighted by molar-refractivity contribution is 5.60. The van der Waals surface area contributed by atoms with E-state index in [0.717, 1.165) is 0 Å². The SMILES string of the molecule is CC(C)Cn1c(N)c(NC(C)CCO)c(=O)[nH]c1=O. The van der Waals surface area contributed by atoms with Crippen molar-refractivity contribution in [2.45, 2.75) is 39.8 Å². The first kappa shape index (κ1) is 15.3. The number of nitrogens with one attached hydrogen (secondary N) is 2. The number of aliphatic hydroxyl groups excluding tert-OH is 1. The Bertz CT molecular complexity index is 533. The van der Waals surface area contributed by atoms with Crippen LogP contribution in [0.1, 0.15) is 27.2 Å². The summed E-state index contributed by atoms with van der Waals surface area (Å²) >= 11 is 0. The first-order valence-electron chi connectivity index (χ1n) is 6.36. The predicted octanol–water partition coefficient (Wildman–Crippen LogP) is -0.0424. The van der Waals surface area contributed by atoms with Crippen LogP contribution in [0.2, 0.25) is 0 Å². The summed E-state index contributed by atoms with van der Waals surface area (Å²) in [6, 6.07) is -0.113. The molecule has 0 fully saturated rings. The summed E-state index contributed by atoms with van der Waals surface area (Å²) in [5.41, 5.74) is 5.04. The number of aromatic amines is 1. The summed E-state index contributed by atoms with van der Waals surface area (Å²) < 4.78 is 1.35. The smallest absolute Gasteiger partial charge is 0.330 e. The summed E-state index contributed by atoms with van der Waals surface area (Å²) in [6.45, 7) is 6.19. The van der Waals surface area contributed by atoms with Crippen LogP contribution in [0.15, 0.2) is 9.59 Å². The summed E-state index contributed by atoms with van der Waals surface area (Å²) in [6.07, 6.45) is 0.488. The number of hydrogen-bond donors (Lipinski definition) is 4. The van der Waals surface area contributed by atoms with E-state index in [2.05, 4.69) is 10.3 Å². The number of rotatable bonds is 6. The molecule has 0 aliphatic carbocycles. The van der Waals surface area contributed by atoms with Crippen LogP contribution in [-0.2, 0) is 6.54 Å². The van der Waals surface area contributed by atoms with Crippen LogP contribution in [0.4, 0.5) is 11.5 Å². The molecule has 5 N–H and O–H groups in total. The van der Waals surface area contributed by atoms with Crippen molar-refractivity contribution in [2.24, 2.45) is 5.92 Å². The van der Waals surface area contributed by atoms with Gasteiger partial charge in [-0.2, -0.15) is 0 Å². The van der Waals surface area contributed by atoms with E-state index in [1.807, 2.05) is 20.8 Å². The maximum absolute atomic E-state index is 11.8. The molecule has 1 heterocycles. The Hall–Kier alpha value is -1.76. The van der Waals surface area contributed by atoms with Crippen molar-refractivity contribution in [1.82, 2.24) is 9.55 Å². The Morgan fingerprint density at radius 3 is 2.53 bits per heavy atom. The quantitative estimate of drug-likeness (QED) is 0.579. The lowest BCUT2D eigenvalue weighted by Crippen LogP contribution is -2.36. The van der Waals surface area contributed by atoms with Crippen LogP contribution < -0.4 is 22.3 Å². The highest BCUT2D eigenvalue weighted by Crippen LogP contribution is 2.13. The molecule has 1 unspecified atom stereocenters. The summed E-state index contributed by atoms with van der Waals surface area (Å²) in [5.74, 6) is 0.362. The zero-order valence-electron chi connectivity index (χ0n) is 11.6. The van der Waals surface area contributed by atoms with Gasteiger partial charge in [-0.05, 0) is 19.3 Å². The molecule has 19 heavy (non-hydrogen) atoms. The minimum atomic E-state index is -0.535. The van der Waals surface area contributed by atoms with E-state index in [1.54, 1.807) is 0 Å². The largest absolute Gasteiger partial charge is 0.396 e. The predicted molar refractivity (Wildman–Crippen MR) is 75.4 cm³/mol. The van der Waals surface area contributed by atoms with E-state index in [0.29, 0.717) is 13.0 Å². The van der Waals surface area contributed by atoms with Gasteiger partial charge in [-0.25, -0.2) is 4.79 Å². The second-order valence-electron chi connectivity index (χ2n) is 5.08. The summed E-state index contributed by atoms with van der Waals surface area (Å²) in [7, 11) is 0. The van der Waals surface area contributed by atoms with Crippen molar-refractivity contribution < 1.29 is 5.11 Å². The Kier molecular flexibility index (Phi) is 5.17. The molecule has 0 radical (unpaired) electrons. The van der Waals surface area contributed by atoms with Gasteiger partial charge >= 0.3 is 5.69 Å². The number of anilines is 2. The summed E-state index contributed by atoms with van der Waals surface area (Å²) in [4.78, 5) is 25.7. The third kappa shape index (κ3) is 3.85. The fourth-order valence-electron chi connectivity index (χ4n) is 1.79. The van der Waals surface area contributed by atoms with Gasteiger partial charge in [0.2, 0.25) is 0 Å². The number of nitrogen functional groups attached to an aromatic ring is 1. The molecule has 0 saturated carbocycles. The summed E-state index contributed by atoms with van der Waals surface area (Å²) in [5, 5.41) is 11.8. The number of nitrogens with two attached hydrogens (primary N) is 1. The molecule has 1 rings (SSSR count). The lowest BCUT2D eigenvalue weighted by Gasteiger charge is -2.18. The maximum atomic E-state index is 11.8. The normalized spacial score (nSPS) is 12.7. The number of aromatic nitrogens is 2. The molecular weight excluding hydrogens is 248 g/mol. The second-order valence-corrected chi connectivity index (χ2v) is 5.08. The second kappa shape index (κ2) is 6.42. The van der Waals surface area contributed by atoms with Crippen molar-refractivity contribution in [1.29, 1.82) is 0 Å². The molecule has 7 heteroatoms. The zero-order valence-corrected chi connectivity index (χ0v) is 11.6. The number of H-pyrrole nitrogens is 1. The molecule has 1 atom stereocenters. The van der Waals surface area contributed by atoms with Crippen molar-refractivity contribution in [3.63, 3.8) is 0 Å². The van der Waals surface area contributed by atoms with E-state index in [4.69, 9.17) is 10.8 Å². The lowest BCUT2D eigenvalue weighted by atomic mass is 10.2. The van der Waals surface area contributed by atoms with Crippen LogP contribution >= 0.6 is 0 Å². The molecule has 1 aromatic rings. The van der Waals surface area contributed by atoms with Gasteiger partial charge in [0, 0.05) is 19.2 Å². The van der Waals surface area contributed by atoms with Gasteiger partial charge in [-0.1, -0.05) is 13.8 Å². The van der Waals surface area contributed by atoms with Crippen LogP contribution in [0.5, 0.6) is 0 Å². The highest BCUT2D eigenvalue weighted by Gasteiger charge is 2.14. The third-order valence-corrected chi connectivity index (χ3v) is 2.74. The average Bonchev–Trinajstić information content (AvgIpc) is 2.30. The fourth-order valence-corrected chi connectivity index (χ4v) is 1.79. The lowest BCUT2D eigenvalue weighted by molar-refractivity contribution is 0.282. The van der Waals surface area contributed by atoms with E-state index in [-0.39, 0.29) is 30.1 Å². The Balaban J connectivity index is 3.17. The standard InChI is InChI=1S/C12H22N4O3/c1-7(2)6-16-10(13)9(11(18)15-12(16)19)14-8(3)4-5-17/h7-8,14,17H,4-6,13H2,1-3H3,(H,15,18,19). The molecule has 108 valence electrons. The molecule has 0 aliphatic heterocycles. The van der Waals surface area contributed by atoms with Gasteiger partial charge < -0.3 is 16.2 Å². The van der Waals surface area contributed by atoms with Gasteiger partial charge in [-0.15, -0.1) is 0 Å². The molecule has 0 saturated heterocycles. The highest BCUT2D eigenvalue weighted by atomic mass is 16.3. The molecule has 0 amide bonds. The molecule has 0 aliphatic rings. The molecule has 7 nitrogen and oxygen atoms in total. The van der Waals surface area contributed by atoms with Gasteiger partial charge in [0.25, 0.3) is 5.56 Å². The number of hydrogen-bond acceptors (Lipinski definition) is 5. The molecule has 0 spiro atoms. The van der Waals surface area contributed by atoms with E-state index in [1.165, 1.54) is 4.57 Å². The van der Waals surface area contributed by atoms with Crippen LogP contribution in [0.25, 0.3) is 0 Å². The van der Waals surface area contributed by atoms with Gasteiger partial charge in [0.15, 0.2) is 0 Å². The molecule has 0 bridgehead atoms. The fraction of sp³-hybridized carbons (Fsp3) is 0.667.